The van der Waals surface area contributed by atoms with Gasteiger partial charge in [-0.15, -0.1) is 0 Å². The van der Waals surface area contributed by atoms with Gasteiger partial charge < -0.3 is 9.73 Å². The fourth-order valence-electron chi connectivity index (χ4n) is 2.85. The Labute approximate surface area is 171 Å². The van der Waals surface area contributed by atoms with Gasteiger partial charge in [-0.2, -0.15) is 11.8 Å². The molecule has 6 nitrogen and oxygen atoms in total. The first-order chi connectivity index (χ1) is 13.2. The first-order valence-electron chi connectivity index (χ1n) is 9.18. The van der Waals surface area contributed by atoms with Gasteiger partial charge in [0.05, 0.1) is 24.0 Å². The van der Waals surface area contributed by atoms with E-state index < -0.39 is 16.1 Å². The van der Waals surface area contributed by atoms with Gasteiger partial charge >= 0.3 is 0 Å². The number of hydrogen-bond acceptors (Lipinski definition) is 5. The van der Waals surface area contributed by atoms with Gasteiger partial charge in [-0.25, -0.2) is 8.42 Å². The Morgan fingerprint density at radius 3 is 2.57 bits per heavy atom. The number of furan rings is 1. The summed E-state index contributed by atoms with van der Waals surface area (Å²) >= 11 is 1.65. The highest BCUT2D eigenvalue weighted by molar-refractivity contribution is 7.98. The number of amides is 1. The molecule has 2 aromatic rings. The lowest BCUT2D eigenvalue weighted by atomic mass is 10.1. The third-order valence-electron chi connectivity index (χ3n) is 4.44. The number of carbonyl (C=O) groups excluding carboxylic acids is 1. The van der Waals surface area contributed by atoms with Gasteiger partial charge in [-0.1, -0.05) is 13.0 Å². The molecule has 1 aromatic carbocycles. The first-order valence-corrected chi connectivity index (χ1v) is 12.2. The van der Waals surface area contributed by atoms with E-state index in [-0.39, 0.29) is 5.91 Å². The van der Waals surface area contributed by atoms with E-state index in [0.29, 0.717) is 24.4 Å². The molecular weight excluding hydrogens is 396 g/mol. The van der Waals surface area contributed by atoms with Crippen molar-refractivity contribution in [3.63, 3.8) is 0 Å². The van der Waals surface area contributed by atoms with Crippen molar-refractivity contribution in [2.75, 3.05) is 22.9 Å². The summed E-state index contributed by atoms with van der Waals surface area (Å²) in [4.78, 5) is 12.7. The van der Waals surface area contributed by atoms with Crippen LogP contribution in [0.1, 0.15) is 30.2 Å². The van der Waals surface area contributed by atoms with E-state index in [4.69, 9.17) is 4.42 Å². The van der Waals surface area contributed by atoms with Crippen molar-refractivity contribution in [3.8, 4) is 0 Å². The SMILES string of the molecule is CC[C@@H](C(=O)NCCSCc1ccco1)N(c1ccc(C)c(C)c1)S(C)(=O)=O. The van der Waals surface area contributed by atoms with E-state index in [0.717, 1.165) is 28.9 Å². The van der Waals surface area contributed by atoms with Crippen molar-refractivity contribution in [1.29, 1.82) is 0 Å². The minimum atomic E-state index is -3.61. The Kier molecular flexibility index (Phi) is 8.00. The minimum Gasteiger partial charge on any atom is -0.468 e. The summed E-state index contributed by atoms with van der Waals surface area (Å²) in [6, 6.07) is 8.40. The number of rotatable bonds is 10. The number of thioether (sulfide) groups is 1. The molecule has 0 fully saturated rings. The molecule has 1 amide bonds. The molecule has 2 rings (SSSR count). The number of hydrogen-bond donors (Lipinski definition) is 1. The highest BCUT2D eigenvalue weighted by Gasteiger charge is 2.31. The zero-order valence-electron chi connectivity index (χ0n) is 16.8. The summed E-state index contributed by atoms with van der Waals surface area (Å²) in [6.45, 7) is 6.17. The summed E-state index contributed by atoms with van der Waals surface area (Å²) < 4.78 is 31.4. The van der Waals surface area contributed by atoms with Crippen molar-refractivity contribution < 1.29 is 17.6 Å². The summed E-state index contributed by atoms with van der Waals surface area (Å²) in [5.74, 6) is 2.05. The van der Waals surface area contributed by atoms with Crippen molar-refractivity contribution in [2.45, 2.75) is 39.0 Å². The topological polar surface area (TPSA) is 79.6 Å². The van der Waals surface area contributed by atoms with E-state index in [1.165, 1.54) is 4.31 Å². The van der Waals surface area contributed by atoms with Crippen LogP contribution in [0.5, 0.6) is 0 Å². The molecule has 0 spiro atoms. The van der Waals surface area contributed by atoms with Gasteiger partial charge in [0.15, 0.2) is 0 Å². The lowest BCUT2D eigenvalue weighted by Gasteiger charge is -2.30. The fraction of sp³-hybridized carbons (Fsp3) is 0.450. The van der Waals surface area contributed by atoms with Crippen LogP contribution in [0.2, 0.25) is 0 Å². The van der Waals surface area contributed by atoms with Crippen LogP contribution < -0.4 is 9.62 Å². The molecule has 154 valence electrons. The number of sulfonamides is 1. The molecule has 0 saturated heterocycles. The molecule has 8 heteroatoms. The maximum absolute atomic E-state index is 12.7. The number of carbonyl (C=O) groups is 1. The zero-order valence-corrected chi connectivity index (χ0v) is 18.4. The molecule has 0 aliphatic rings. The number of nitrogens with one attached hydrogen (secondary N) is 1. The molecule has 1 N–H and O–H groups in total. The fourth-order valence-corrected chi connectivity index (χ4v) is 4.81. The summed E-state index contributed by atoms with van der Waals surface area (Å²) in [5.41, 5.74) is 2.57. The van der Waals surface area contributed by atoms with Gasteiger partial charge in [-0.3, -0.25) is 9.10 Å². The average Bonchev–Trinajstić information content (AvgIpc) is 3.14. The van der Waals surface area contributed by atoms with Crippen LogP contribution in [0.15, 0.2) is 41.0 Å². The van der Waals surface area contributed by atoms with Gasteiger partial charge in [0.1, 0.15) is 11.8 Å². The lowest BCUT2D eigenvalue weighted by Crippen LogP contribution is -2.49. The van der Waals surface area contributed by atoms with Crippen molar-refractivity contribution in [1.82, 2.24) is 5.32 Å². The second-order valence-electron chi connectivity index (χ2n) is 6.67. The van der Waals surface area contributed by atoms with Gasteiger partial charge in [0.2, 0.25) is 15.9 Å². The van der Waals surface area contributed by atoms with E-state index in [1.54, 1.807) is 24.1 Å². The van der Waals surface area contributed by atoms with Gasteiger partial charge in [0.25, 0.3) is 0 Å². The standard InChI is InChI=1S/C20H28N2O4S2/c1-5-19(20(23)21-10-12-27-14-18-7-6-11-26-18)22(28(4,24)25)17-9-8-15(2)16(3)13-17/h6-9,11,13,19H,5,10,12,14H2,1-4H3,(H,21,23)/t19-/m0/s1. The quantitative estimate of drug-likeness (QED) is 0.591. The first kappa shape index (κ1) is 22.4. The lowest BCUT2D eigenvalue weighted by molar-refractivity contribution is -0.122. The van der Waals surface area contributed by atoms with Crippen molar-refractivity contribution >= 4 is 33.4 Å². The van der Waals surface area contributed by atoms with Crippen LogP contribution in [0.25, 0.3) is 0 Å². The van der Waals surface area contributed by atoms with Gasteiger partial charge in [-0.05, 0) is 55.7 Å². The van der Waals surface area contributed by atoms with Gasteiger partial charge in [0, 0.05) is 12.3 Å². The Morgan fingerprint density at radius 2 is 2.00 bits per heavy atom. The van der Waals surface area contributed by atoms with E-state index in [1.807, 2.05) is 45.0 Å². The Balaban J connectivity index is 2.03. The maximum Gasteiger partial charge on any atom is 0.243 e. The Morgan fingerprint density at radius 1 is 1.25 bits per heavy atom. The Bertz CT molecular complexity index is 880. The average molecular weight is 425 g/mol. The number of benzene rings is 1. The largest absolute Gasteiger partial charge is 0.468 e. The van der Waals surface area contributed by atoms with Crippen LogP contribution in [0.4, 0.5) is 5.69 Å². The highest BCUT2D eigenvalue weighted by atomic mass is 32.2. The summed E-state index contributed by atoms with van der Waals surface area (Å²) in [6.07, 6.45) is 3.15. The molecule has 0 aliphatic carbocycles. The molecule has 1 heterocycles. The molecule has 1 atom stereocenters. The Hall–Kier alpha value is -1.93. The van der Waals surface area contributed by atoms with E-state index in [2.05, 4.69) is 5.32 Å². The molecule has 1 aromatic heterocycles. The molecular formula is C20H28N2O4S2. The third kappa shape index (κ3) is 6.04. The highest BCUT2D eigenvalue weighted by Crippen LogP contribution is 2.25. The predicted molar refractivity (Wildman–Crippen MR) is 115 cm³/mol. The molecule has 0 unspecified atom stereocenters. The zero-order chi connectivity index (χ0) is 20.7. The minimum absolute atomic E-state index is 0.287. The van der Waals surface area contributed by atoms with E-state index in [9.17, 15) is 13.2 Å². The normalized spacial score (nSPS) is 12.6. The third-order valence-corrected chi connectivity index (χ3v) is 6.61. The number of nitrogens with zero attached hydrogens (tertiary/aromatic N) is 1. The van der Waals surface area contributed by atoms with Crippen LogP contribution in [0, 0.1) is 13.8 Å². The smallest absolute Gasteiger partial charge is 0.243 e. The van der Waals surface area contributed by atoms with E-state index >= 15 is 0 Å². The van der Waals surface area contributed by atoms with Crippen molar-refractivity contribution in [3.05, 3.63) is 53.5 Å². The second kappa shape index (κ2) is 10.0. The van der Waals surface area contributed by atoms with Crippen LogP contribution in [-0.2, 0) is 20.6 Å². The molecule has 0 saturated carbocycles. The number of anilines is 1. The number of aryl methyl sites for hydroxylation is 2. The van der Waals surface area contributed by atoms with Crippen LogP contribution >= 0.6 is 11.8 Å². The van der Waals surface area contributed by atoms with Crippen LogP contribution in [0.3, 0.4) is 0 Å². The molecule has 0 bridgehead atoms. The summed E-state index contributed by atoms with van der Waals surface area (Å²) in [7, 11) is -3.61. The van der Waals surface area contributed by atoms with Crippen molar-refractivity contribution in [2.24, 2.45) is 0 Å². The molecule has 0 aliphatic heterocycles. The monoisotopic (exact) mass is 424 g/mol. The summed E-state index contributed by atoms with van der Waals surface area (Å²) in [5, 5.41) is 2.87. The molecule has 28 heavy (non-hydrogen) atoms. The van der Waals surface area contributed by atoms with Crippen LogP contribution in [-0.4, -0.2) is 38.9 Å². The molecule has 0 radical (unpaired) electrons. The second-order valence-corrected chi connectivity index (χ2v) is 9.64. The predicted octanol–water partition coefficient (Wildman–Crippen LogP) is 3.49. The maximum atomic E-state index is 12.7.